The Morgan fingerprint density at radius 1 is 1.39 bits per heavy atom. The molecule has 0 unspecified atom stereocenters. The lowest BCUT2D eigenvalue weighted by atomic mass is 9.88. The first-order valence-electron chi connectivity index (χ1n) is 5.34. The van der Waals surface area contributed by atoms with Crippen molar-refractivity contribution in [3.05, 3.63) is 33.8 Å². The second-order valence-corrected chi connectivity index (χ2v) is 5.45. The number of hydrogen-bond donors (Lipinski definition) is 1. The third kappa shape index (κ3) is 2.53. The summed E-state index contributed by atoms with van der Waals surface area (Å²) in [4.78, 5) is 10.8. The Kier molecular flexibility index (Phi) is 3.17. The van der Waals surface area contributed by atoms with Gasteiger partial charge in [0.15, 0.2) is 0 Å². The number of alkyl halides is 3. The van der Waals surface area contributed by atoms with Crippen LogP contribution in [0.15, 0.2) is 22.7 Å². The van der Waals surface area contributed by atoms with E-state index in [1.165, 1.54) is 12.1 Å². The van der Waals surface area contributed by atoms with Crippen LogP contribution in [0.5, 0.6) is 0 Å². The Morgan fingerprint density at radius 2 is 2.00 bits per heavy atom. The molecular formula is C12H10BrF3O2. The Morgan fingerprint density at radius 3 is 2.44 bits per heavy atom. The first kappa shape index (κ1) is 13.4. The van der Waals surface area contributed by atoms with E-state index in [0.29, 0.717) is 17.3 Å². The molecule has 0 aromatic heterocycles. The molecule has 0 spiro atoms. The van der Waals surface area contributed by atoms with Gasteiger partial charge in [-0.1, -0.05) is 22.0 Å². The van der Waals surface area contributed by atoms with Crippen molar-refractivity contribution in [2.24, 2.45) is 0 Å². The molecule has 0 saturated heterocycles. The molecule has 1 aliphatic rings. The molecule has 2 nitrogen and oxygen atoms in total. The second kappa shape index (κ2) is 4.26. The molecule has 0 atom stereocenters. The number of carboxylic acids is 1. The van der Waals surface area contributed by atoms with Crippen LogP contribution in [0.2, 0.25) is 0 Å². The van der Waals surface area contributed by atoms with Crippen LogP contribution in [0.25, 0.3) is 0 Å². The van der Waals surface area contributed by atoms with E-state index in [4.69, 9.17) is 5.11 Å². The van der Waals surface area contributed by atoms with Gasteiger partial charge in [-0.05, 0) is 30.5 Å². The van der Waals surface area contributed by atoms with Gasteiger partial charge in [-0.15, -0.1) is 0 Å². The minimum absolute atomic E-state index is 0.0978. The highest BCUT2D eigenvalue weighted by molar-refractivity contribution is 9.10. The molecular weight excluding hydrogens is 313 g/mol. The maximum Gasteiger partial charge on any atom is 0.416 e. The normalized spacial score (nSPS) is 17.6. The van der Waals surface area contributed by atoms with E-state index in [1.807, 2.05) is 0 Å². The molecule has 1 aromatic carbocycles. The summed E-state index contributed by atoms with van der Waals surface area (Å²) in [5.41, 5.74) is -1.48. The largest absolute Gasteiger partial charge is 0.481 e. The van der Waals surface area contributed by atoms with Crippen LogP contribution in [0.3, 0.4) is 0 Å². The topological polar surface area (TPSA) is 37.3 Å². The van der Waals surface area contributed by atoms with E-state index in [-0.39, 0.29) is 12.0 Å². The first-order chi connectivity index (χ1) is 8.24. The molecule has 98 valence electrons. The smallest absolute Gasteiger partial charge is 0.416 e. The highest BCUT2D eigenvalue weighted by atomic mass is 79.9. The number of aliphatic carboxylic acids is 1. The quantitative estimate of drug-likeness (QED) is 0.914. The Labute approximate surface area is 110 Å². The van der Waals surface area contributed by atoms with Crippen LogP contribution >= 0.6 is 15.9 Å². The van der Waals surface area contributed by atoms with Crippen molar-refractivity contribution in [1.82, 2.24) is 0 Å². The summed E-state index contributed by atoms with van der Waals surface area (Å²) in [6.45, 7) is 0. The molecule has 0 radical (unpaired) electrons. The molecule has 0 amide bonds. The molecule has 0 bridgehead atoms. The van der Waals surface area contributed by atoms with Gasteiger partial charge in [-0.2, -0.15) is 13.2 Å². The number of benzene rings is 1. The van der Waals surface area contributed by atoms with E-state index < -0.39 is 23.1 Å². The van der Waals surface area contributed by atoms with Crippen molar-refractivity contribution < 1.29 is 23.1 Å². The zero-order valence-electron chi connectivity index (χ0n) is 9.22. The highest BCUT2D eigenvalue weighted by Gasteiger charge is 2.50. The lowest BCUT2D eigenvalue weighted by molar-refractivity contribution is -0.141. The zero-order valence-corrected chi connectivity index (χ0v) is 10.8. The number of rotatable bonds is 3. The standard InChI is InChI=1S/C12H10BrF3O2/c13-7-1-2-8(9(5-7)12(14,15)16)11(3-4-11)6-10(17)18/h1-2,5H,3-4,6H2,(H,17,18). The average Bonchev–Trinajstić information content (AvgIpc) is 2.96. The van der Waals surface area contributed by atoms with Crippen molar-refractivity contribution in [2.75, 3.05) is 0 Å². The lowest BCUT2D eigenvalue weighted by Gasteiger charge is -2.20. The van der Waals surface area contributed by atoms with Crippen LogP contribution in [0.4, 0.5) is 13.2 Å². The van der Waals surface area contributed by atoms with Crippen molar-refractivity contribution >= 4 is 21.9 Å². The van der Waals surface area contributed by atoms with Gasteiger partial charge in [0.05, 0.1) is 12.0 Å². The molecule has 18 heavy (non-hydrogen) atoms. The summed E-state index contributed by atoms with van der Waals surface area (Å²) in [5, 5.41) is 8.81. The van der Waals surface area contributed by atoms with Gasteiger partial charge in [0, 0.05) is 9.89 Å². The van der Waals surface area contributed by atoms with E-state index in [9.17, 15) is 18.0 Å². The lowest BCUT2D eigenvalue weighted by Crippen LogP contribution is -2.19. The second-order valence-electron chi connectivity index (χ2n) is 4.54. The number of carboxylic acid groups (broad SMARTS) is 1. The zero-order chi connectivity index (χ0) is 13.6. The van der Waals surface area contributed by atoms with E-state index >= 15 is 0 Å². The molecule has 0 heterocycles. The summed E-state index contributed by atoms with van der Waals surface area (Å²) >= 11 is 3.01. The predicted molar refractivity (Wildman–Crippen MR) is 62.3 cm³/mol. The van der Waals surface area contributed by atoms with Crippen LogP contribution < -0.4 is 0 Å². The van der Waals surface area contributed by atoms with E-state index in [1.54, 1.807) is 0 Å². The summed E-state index contributed by atoms with van der Waals surface area (Å²) in [5.74, 6) is -1.07. The molecule has 0 aliphatic heterocycles. The van der Waals surface area contributed by atoms with Gasteiger partial charge in [-0.3, -0.25) is 4.79 Å². The molecule has 2 rings (SSSR count). The van der Waals surface area contributed by atoms with Crippen LogP contribution in [-0.4, -0.2) is 11.1 Å². The van der Waals surface area contributed by atoms with Crippen LogP contribution in [0.1, 0.15) is 30.4 Å². The van der Waals surface area contributed by atoms with Gasteiger partial charge in [0.25, 0.3) is 0 Å². The minimum Gasteiger partial charge on any atom is -0.481 e. The Hall–Kier alpha value is -1.04. The fraction of sp³-hybridized carbons (Fsp3) is 0.417. The Bertz CT molecular complexity index is 493. The number of halogens is 4. The molecule has 1 saturated carbocycles. The Balaban J connectivity index is 2.48. The van der Waals surface area contributed by atoms with Gasteiger partial charge in [0.1, 0.15) is 0 Å². The highest BCUT2D eigenvalue weighted by Crippen LogP contribution is 2.54. The maximum absolute atomic E-state index is 13.0. The maximum atomic E-state index is 13.0. The fourth-order valence-corrected chi connectivity index (χ4v) is 2.56. The monoisotopic (exact) mass is 322 g/mol. The van der Waals surface area contributed by atoms with E-state index in [0.717, 1.165) is 6.07 Å². The molecule has 1 fully saturated rings. The molecule has 1 N–H and O–H groups in total. The van der Waals surface area contributed by atoms with Crippen molar-refractivity contribution in [2.45, 2.75) is 30.9 Å². The predicted octanol–water partition coefficient (Wildman–Crippen LogP) is 3.97. The van der Waals surface area contributed by atoms with Crippen molar-refractivity contribution in [1.29, 1.82) is 0 Å². The van der Waals surface area contributed by atoms with Gasteiger partial charge in [0.2, 0.25) is 0 Å². The summed E-state index contributed by atoms with van der Waals surface area (Å²) < 4.78 is 39.2. The minimum atomic E-state index is -4.47. The van der Waals surface area contributed by atoms with Crippen LogP contribution in [-0.2, 0) is 16.4 Å². The van der Waals surface area contributed by atoms with Crippen LogP contribution in [0, 0.1) is 0 Å². The summed E-state index contributed by atoms with van der Waals surface area (Å²) in [7, 11) is 0. The van der Waals surface area contributed by atoms with Gasteiger partial charge < -0.3 is 5.11 Å². The SMILES string of the molecule is O=C(O)CC1(c2ccc(Br)cc2C(F)(F)F)CC1. The van der Waals surface area contributed by atoms with Gasteiger partial charge >= 0.3 is 12.1 Å². The molecule has 1 aromatic rings. The average molecular weight is 323 g/mol. The third-order valence-electron chi connectivity index (χ3n) is 3.20. The third-order valence-corrected chi connectivity index (χ3v) is 3.69. The van der Waals surface area contributed by atoms with Gasteiger partial charge in [-0.25, -0.2) is 0 Å². The molecule has 1 aliphatic carbocycles. The number of carbonyl (C=O) groups is 1. The first-order valence-corrected chi connectivity index (χ1v) is 6.13. The van der Waals surface area contributed by atoms with Crippen molar-refractivity contribution in [3.8, 4) is 0 Å². The van der Waals surface area contributed by atoms with E-state index in [2.05, 4.69) is 15.9 Å². The summed E-state index contributed by atoms with van der Waals surface area (Å²) in [6.07, 6.45) is -3.74. The van der Waals surface area contributed by atoms with Crippen molar-refractivity contribution in [3.63, 3.8) is 0 Å². The fourth-order valence-electron chi connectivity index (χ4n) is 2.20. The summed E-state index contributed by atoms with van der Waals surface area (Å²) in [6, 6.07) is 3.91. The number of hydrogen-bond acceptors (Lipinski definition) is 1. The molecule has 6 heteroatoms.